The number of hydrogen-bond acceptors (Lipinski definition) is 3. The summed E-state index contributed by atoms with van der Waals surface area (Å²) in [4.78, 5) is 6.76. The largest absolute Gasteiger partial charge is 0.354 e. The molecule has 0 radical (unpaired) electrons. The van der Waals surface area contributed by atoms with E-state index in [4.69, 9.17) is 17.3 Å². The van der Waals surface area contributed by atoms with Crippen LogP contribution in [0, 0.1) is 0 Å². The lowest BCUT2D eigenvalue weighted by atomic mass is 10.2. The zero-order valence-corrected chi connectivity index (χ0v) is 11.0. The second-order valence-electron chi connectivity index (χ2n) is 3.85. The molecule has 1 aromatic heterocycles. The Bertz CT molecular complexity index is 341. The normalized spacial score (nSPS) is 12.6. The Kier molecular flexibility index (Phi) is 5.03. The van der Waals surface area contributed by atoms with Gasteiger partial charge in [0.2, 0.25) is 0 Å². The first kappa shape index (κ1) is 13.3. The van der Waals surface area contributed by atoms with Crippen LogP contribution in [-0.2, 0) is 6.54 Å². The van der Waals surface area contributed by atoms with E-state index in [1.807, 2.05) is 12.1 Å². The second-order valence-corrected chi connectivity index (χ2v) is 4.25. The summed E-state index contributed by atoms with van der Waals surface area (Å²) in [6.45, 7) is 7.82. The number of anilines is 1. The fourth-order valence-corrected chi connectivity index (χ4v) is 1.88. The molecule has 1 unspecified atom stereocenters. The zero-order chi connectivity index (χ0) is 12.1. The molecule has 0 aliphatic heterocycles. The molecule has 16 heavy (non-hydrogen) atoms. The predicted molar refractivity (Wildman–Crippen MR) is 69.9 cm³/mol. The van der Waals surface area contributed by atoms with Crippen LogP contribution in [0.15, 0.2) is 12.1 Å². The Morgan fingerprint density at radius 2 is 2.12 bits per heavy atom. The van der Waals surface area contributed by atoms with Gasteiger partial charge in [-0.2, -0.15) is 0 Å². The molecule has 90 valence electrons. The van der Waals surface area contributed by atoms with Crippen LogP contribution in [0.4, 0.5) is 5.82 Å². The van der Waals surface area contributed by atoms with Crippen LogP contribution >= 0.6 is 11.6 Å². The molecule has 0 spiro atoms. The first-order chi connectivity index (χ1) is 7.63. The lowest BCUT2D eigenvalue weighted by Crippen LogP contribution is -2.33. The summed E-state index contributed by atoms with van der Waals surface area (Å²) < 4.78 is 0. The van der Waals surface area contributed by atoms with Gasteiger partial charge in [-0.1, -0.05) is 18.5 Å². The van der Waals surface area contributed by atoms with Gasteiger partial charge in [-0.25, -0.2) is 4.98 Å². The fraction of sp³-hybridized carbons (Fsp3) is 0.583. The summed E-state index contributed by atoms with van der Waals surface area (Å²) in [7, 11) is 0. The van der Waals surface area contributed by atoms with Gasteiger partial charge in [0.1, 0.15) is 5.82 Å². The van der Waals surface area contributed by atoms with Gasteiger partial charge >= 0.3 is 0 Å². The maximum atomic E-state index is 6.00. The molecule has 1 rings (SSSR count). The summed E-state index contributed by atoms with van der Waals surface area (Å²) >= 11 is 6.00. The van der Waals surface area contributed by atoms with E-state index in [2.05, 4.69) is 30.7 Å². The molecule has 4 heteroatoms. The Hall–Kier alpha value is -0.800. The van der Waals surface area contributed by atoms with Crippen LogP contribution in [0.1, 0.15) is 32.9 Å². The minimum absolute atomic E-state index is 0.380. The van der Waals surface area contributed by atoms with Gasteiger partial charge in [0.25, 0.3) is 0 Å². The van der Waals surface area contributed by atoms with Crippen molar-refractivity contribution in [3.05, 3.63) is 22.8 Å². The van der Waals surface area contributed by atoms with Crippen molar-refractivity contribution in [1.82, 2.24) is 4.98 Å². The summed E-state index contributed by atoms with van der Waals surface area (Å²) in [5, 5.41) is 0.645. The molecule has 0 aromatic carbocycles. The molecule has 0 saturated carbocycles. The molecule has 0 saturated heterocycles. The third-order valence-electron chi connectivity index (χ3n) is 2.86. The number of hydrogen-bond donors (Lipinski definition) is 1. The topological polar surface area (TPSA) is 42.1 Å². The van der Waals surface area contributed by atoms with Gasteiger partial charge in [0.15, 0.2) is 0 Å². The molecular weight excluding hydrogens is 222 g/mol. The maximum Gasteiger partial charge on any atom is 0.129 e. The number of rotatable bonds is 5. The molecule has 3 nitrogen and oxygen atoms in total. The van der Waals surface area contributed by atoms with Gasteiger partial charge in [-0.3, -0.25) is 0 Å². The van der Waals surface area contributed by atoms with Crippen molar-refractivity contribution in [2.24, 2.45) is 5.73 Å². The molecule has 2 N–H and O–H groups in total. The number of nitrogens with zero attached hydrogens (tertiary/aromatic N) is 2. The SMILES string of the molecule is CCC(C)N(CC)c1ccc(Cl)c(CN)n1. The highest BCUT2D eigenvalue weighted by atomic mass is 35.5. The molecule has 0 aliphatic carbocycles. The van der Waals surface area contributed by atoms with E-state index < -0.39 is 0 Å². The molecule has 0 bridgehead atoms. The van der Waals surface area contributed by atoms with Gasteiger partial charge in [-0.05, 0) is 32.4 Å². The molecule has 0 aliphatic rings. The zero-order valence-electron chi connectivity index (χ0n) is 10.2. The Balaban J connectivity index is 3.01. The minimum atomic E-state index is 0.380. The van der Waals surface area contributed by atoms with E-state index in [0.29, 0.717) is 17.6 Å². The highest BCUT2D eigenvalue weighted by Crippen LogP contribution is 2.21. The van der Waals surface area contributed by atoms with E-state index in [9.17, 15) is 0 Å². The average Bonchev–Trinajstić information content (AvgIpc) is 2.31. The molecule has 1 heterocycles. The highest BCUT2D eigenvalue weighted by molar-refractivity contribution is 6.31. The number of halogens is 1. The highest BCUT2D eigenvalue weighted by Gasteiger charge is 2.13. The molecule has 1 atom stereocenters. The maximum absolute atomic E-state index is 6.00. The van der Waals surface area contributed by atoms with Gasteiger partial charge in [0.05, 0.1) is 10.7 Å². The van der Waals surface area contributed by atoms with E-state index in [1.165, 1.54) is 0 Å². The predicted octanol–water partition coefficient (Wildman–Crippen LogP) is 2.82. The molecule has 0 amide bonds. The molecule has 1 aromatic rings. The Morgan fingerprint density at radius 3 is 2.62 bits per heavy atom. The number of nitrogens with two attached hydrogens (primary N) is 1. The van der Waals surface area contributed by atoms with Crippen molar-refractivity contribution < 1.29 is 0 Å². The minimum Gasteiger partial charge on any atom is -0.354 e. The first-order valence-corrected chi connectivity index (χ1v) is 6.13. The lowest BCUT2D eigenvalue weighted by Gasteiger charge is -2.28. The van der Waals surface area contributed by atoms with Crippen LogP contribution < -0.4 is 10.6 Å². The van der Waals surface area contributed by atoms with Crippen LogP contribution in [-0.4, -0.2) is 17.6 Å². The first-order valence-electron chi connectivity index (χ1n) is 5.76. The van der Waals surface area contributed by atoms with Crippen LogP contribution in [0.2, 0.25) is 5.02 Å². The third kappa shape index (κ3) is 2.86. The quantitative estimate of drug-likeness (QED) is 0.862. The van der Waals surface area contributed by atoms with Crippen molar-refractivity contribution in [2.45, 2.75) is 39.8 Å². The summed E-state index contributed by atoms with van der Waals surface area (Å²) in [6, 6.07) is 4.30. The fourth-order valence-electron chi connectivity index (χ4n) is 1.70. The summed E-state index contributed by atoms with van der Waals surface area (Å²) in [5.74, 6) is 0.960. The van der Waals surface area contributed by atoms with Crippen LogP contribution in [0.3, 0.4) is 0 Å². The van der Waals surface area contributed by atoms with Gasteiger partial charge in [-0.15, -0.1) is 0 Å². The van der Waals surface area contributed by atoms with Crippen molar-refractivity contribution in [3.8, 4) is 0 Å². The summed E-state index contributed by atoms with van der Waals surface area (Å²) in [5.41, 5.74) is 6.37. The van der Waals surface area contributed by atoms with Crippen molar-refractivity contribution in [3.63, 3.8) is 0 Å². The van der Waals surface area contributed by atoms with Gasteiger partial charge < -0.3 is 10.6 Å². The standard InChI is InChI=1S/C12H20ClN3/c1-4-9(3)16(5-2)12-7-6-10(13)11(8-14)15-12/h6-7,9H,4-5,8,14H2,1-3H3. The lowest BCUT2D eigenvalue weighted by molar-refractivity contribution is 0.622. The summed E-state index contributed by atoms with van der Waals surface area (Å²) in [6.07, 6.45) is 1.09. The van der Waals surface area contributed by atoms with Gasteiger partial charge in [0, 0.05) is 19.1 Å². The average molecular weight is 242 g/mol. The molecular formula is C12H20ClN3. The number of pyridine rings is 1. The number of aromatic nitrogens is 1. The van der Waals surface area contributed by atoms with Crippen molar-refractivity contribution in [1.29, 1.82) is 0 Å². The smallest absolute Gasteiger partial charge is 0.129 e. The van der Waals surface area contributed by atoms with E-state index >= 15 is 0 Å². The molecule has 0 fully saturated rings. The third-order valence-corrected chi connectivity index (χ3v) is 3.20. The van der Waals surface area contributed by atoms with Crippen LogP contribution in [0.25, 0.3) is 0 Å². The van der Waals surface area contributed by atoms with Crippen molar-refractivity contribution in [2.75, 3.05) is 11.4 Å². The Labute approximate surface area is 103 Å². The van der Waals surface area contributed by atoms with E-state index in [0.717, 1.165) is 24.5 Å². The van der Waals surface area contributed by atoms with E-state index in [1.54, 1.807) is 0 Å². The second kappa shape index (κ2) is 6.06. The van der Waals surface area contributed by atoms with E-state index in [-0.39, 0.29) is 0 Å². The van der Waals surface area contributed by atoms with Crippen molar-refractivity contribution >= 4 is 17.4 Å². The van der Waals surface area contributed by atoms with Crippen LogP contribution in [0.5, 0.6) is 0 Å². The Morgan fingerprint density at radius 1 is 1.44 bits per heavy atom. The monoisotopic (exact) mass is 241 g/mol.